The number of nitrogens with one attached hydrogen (secondary N) is 3. The van der Waals surface area contributed by atoms with Gasteiger partial charge in [-0.1, -0.05) is 84.9 Å². The number of unbranched alkanes of at least 4 members (excludes halogenated alkanes) is 1. The summed E-state index contributed by atoms with van der Waals surface area (Å²) in [5, 5.41) is 20.4. The number of carbonyl (C=O) groups excluding carboxylic acids is 11. The number of halogens is 6. The van der Waals surface area contributed by atoms with Crippen molar-refractivity contribution in [3.05, 3.63) is 34.3 Å². The summed E-state index contributed by atoms with van der Waals surface area (Å²) in [6, 6.07) is -8.41. The number of amides is 11. The first kappa shape index (κ1) is 82.2. The number of likely N-dealkylation sites (tertiary alicyclic amines) is 1. The number of aliphatic hydroxyl groups is 1. The van der Waals surface area contributed by atoms with Gasteiger partial charge < -0.3 is 60.3 Å². The molecule has 30 heteroatoms. The molecule has 4 saturated heterocycles. The molecule has 4 aliphatic heterocycles. The zero-order valence-electron chi connectivity index (χ0n) is 60.5. The summed E-state index contributed by atoms with van der Waals surface area (Å²) in [5.74, 6) is -8.90. The van der Waals surface area contributed by atoms with Crippen LogP contribution in [-0.4, -0.2) is 262 Å². The first-order chi connectivity index (χ1) is 46.9. The highest BCUT2D eigenvalue weighted by molar-refractivity contribution is 6.31. The van der Waals surface area contributed by atoms with Crippen molar-refractivity contribution in [3.63, 3.8) is 0 Å². The van der Waals surface area contributed by atoms with Crippen molar-refractivity contribution in [1.82, 2.24) is 60.0 Å². The Kier molecular flexibility index (Phi) is 29.5. The highest BCUT2D eigenvalue weighted by Crippen LogP contribution is 2.37. The van der Waals surface area contributed by atoms with E-state index in [4.69, 9.17) is 11.6 Å². The Balaban J connectivity index is 1.43. The fraction of sp³-hybridized carbons (Fsp3) is 0.757. The summed E-state index contributed by atoms with van der Waals surface area (Å²) in [6.45, 7) is 12.3. The molecule has 1 saturated carbocycles. The van der Waals surface area contributed by atoms with Gasteiger partial charge in [-0.25, -0.2) is 8.78 Å². The Bertz CT molecular complexity index is 3080. The molecule has 1 aromatic carbocycles. The van der Waals surface area contributed by atoms with Gasteiger partial charge in [-0.15, -0.1) is 0 Å². The highest BCUT2D eigenvalue weighted by atomic mass is 35.5. The molecule has 4 N–H and O–H groups in total. The van der Waals surface area contributed by atoms with Crippen molar-refractivity contribution in [2.45, 2.75) is 249 Å². The van der Waals surface area contributed by atoms with Gasteiger partial charge >= 0.3 is 6.18 Å². The van der Waals surface area contributed by atoms with Crippen LogP contribution in [0.5, 0.6) is 0 Å². The number of piperidine rings is 1. The number of rotatable bonds is 14. The predicted molar refractivity (Wildman–Crippen MR) is 363 cm³/mol. The Morgan fingerprint density at radius 1 is 0.690 bits per heavy atom. The number of fused-ring (bicyclic) bond motifs is 2. The molecule has 11 amide bonds. The first-order valence-electron chi connectivity index (χ1n) is 35.6. The third kappa shape index (κ3) is 19.9. The van der Waals surface area contributed by atoms with E-state index in [-0.39, 0.29) is 95.2 Å². The van der Waals surface area contributed by atoms with Crippen molar-refractivity contribution in [3.8, 4) is 0 Å². The van der Waals surface area contributed by atoms with Gasteiger partial charge in [-0.2, -0.15) is 13.2 Å². The molecule has 5 aliphatic rings. The predicted octanol–water partition coefficient (Wildman–Crippen LogP) is 5.68. The number of benzene rings is 1. The van der Waals surface area contributed by atoms with Crippen molar-refractivity contribution in [1.29, 1.82) is 0 Å². The SMILES string of the molecule is CC[C@H](C)[C@@H]1NC(=O)[C@H](CC(C)C)N(C)C(O)C[C@@H](C(=O)N2CCCCC2)N(C)C(=O)[C@H](C(C)C)N(C)C(=O)C2(CCCC2)NC(=O)[C@@H]2CCCN2C(=O)[C@H](CCc2ccc(C(F)(F)F)c(Cl)c2)NC(=O)CN(C)C(=O)[C@H](CCCCC(F)F)N(C)C(=O)[C@@H]2CCN2C(=O)[C@H](C)N(C)C1=O. The second-order valence-electron chi connectivity index (χ2n) is 29.1. The van der Waals surface area contributed by atoms with E-state index in [1.54, 1.807) is 25.7 Å². The van der Waals surface area contributed by atoms with Gasteiger partial charge in [0.2, 0.25) is 71.4 Å². The van der Waals surface area contributed by atoms with E-state index in [0.29, 0.717) is 45.2 Å². The molecule has 5 fully saturated rings. The number of aryl methyl sites for hydroxylation is 1. The lowest BCUT2D eigenvalue weighted by atomic mass is 9.91. The number of hydrogen-bond donors (Lipinski definition) is 4. The Labute approximate surface area is 590 Å². The molecule has 0 radical (unpaired) electrons. The van der Waals surface area contributed by atoms with Gasteiger partial charge in [0.25, 0.3) is 0 Å². The minimum Gasteiger partial charge on any atom is -0.378 e. The van der Waals surface area contributed by atoms with Gasteiger partial charge in [-0.3, -0.25) is 57.6 Å². The van der Waals surface area contributed by atoms with Crippen LogP contribution < -0.4 is 16.0 Å². The highest BCUT2D eigenvalue weighted by Gasteiger charge is 2.51. The lowest BCUT2D eigenvalue weighted by Gasteiger charge is -2.45. The molecule has 0 aromatic heterocycles. The van der Waals surface area contributed by atoms with Crippen LogP contribution in [0, 0.1) is 17.8 Å². The summed E-state index contributed by atoms with van der Waals surface area (Å²) in [4.78, 5) is 175. The quantitative estimate of drug-likeness (QED) is 0.129. The Hall–Kier alpha value is -6.75. The molecule has 1 aliphatic carbocycles. The van der Waals surface area contributed by atoms with Gasteiger partial charge in [0.1, 0.15) is 60.1 Å². The smallest absolute Gasteiger partial charge is 0.378 e. The van der Waals surface area contributed by atoms with Crippen LogP contribution in [0.25, 0.3) is 0 Å². The molecule has 6 rings (SSSR count). The fourth-order valence-electron chi connectivity index (χ4n) is 14.6. The molecule has 24 nitrogen and oxygen atoms in total. The zero-order chi connectivity index (χ0) is 74.6. The first-order valence-corrected chi connectivity index (χ1v) is 35.9. The Morgan fingerprint density at radius 2 is 1.33 bits per heavy atom. The minimum absolute atomic E-state index is 0.0116. The molecular formula is C70H108ClF5N12O12. The maximum atomic E-state index is 15.4. The zero-order valence-corrected chi connectivity index (χ0v) is 61.3. The normalized spacial score (nSPS) is 27.7. The number of hydrogen-bond acceptors (Lipinski definition) is 13. The minimum atomic E-state index is -4.79. The van der Waals surface area contributed by atoms with Gasteiger partial charge in [0, 0.05) is 74.3 Å². The average Bonchev–Trinajstić information content (AvgIpc) is 1.32. The molecular weight excluding hydrogens is 1330 g/mol. The van der Waals surface area contributed by atoms with E-state index in [1.165, 1.54) is 84.7 Å². The monoisotopic (exact) mass is 1440 g/mol. The van der Waals surface area contributed by atoms with E-state index < -0.39 is 186 Å². The van der Waals surface area contributed by atoms with Crippen LogP contribution in [-0.2, 0) is 65.3 Å². The lowest BCUT2D eigenvalue weighted by Crippen LogP contribution is -2.65. The second-order valence-corrected chi connectivity index (χ2v) is 29.5. The van der Waals surface area contributed by atoms with Gasteiger partial charge in [0.15, 0.2) is 0 Å². The van der Waals surface area contributed by atoms with Crippen LogP contribution in [0.15, 0.2) is 18.2 Å². The molecule has 11 atom stereocenters. The molecule has 100 heavy (non-hydrogen) atoms. The van der Waals surface area contributed by atoms with Crippen molar-refractivity contribution < 1.29 is 79.8 Å². The number of carbonyl (C=O) groups is 11. The van der Waals surface area contributed by atoms with Gasteiger partial charge in [0.05, 0.1) is 23.2 Å². The molecule has 1 unspecified atom stereocenters. The molecule has 1 aromatic rings. The summed E-state index contributed by atoms with van der Waals surface area (Å²) < 4.78 is 68.5. The van der Waals surface area contributed by atoms with E-state index in [2.05, 4.69) is 16.0 Å². The van der Waals surface area contributed by atoms with Crippen LogP contribution in [0.4, 0.5) is 22.0 Å². The summed E-state index contributed by atoms with van der Waals surface area (Å²) in [7, 11) is 8.33. The maximum Gasteiger partial charge on any atom is 0.417 e. The third-order valence-corrected chi connectivity index (χ3v) is 21.5. The van der Waals surface area contributed by atoms with Crippen molar-refractivity contribution >= 4 is 76.6 Å². The molecule has 1 spiro atoms. The fourth-order valence-corrected chi connectivity index (χ4v) is 14.9. The topological polar surface area (TPSA) is 273 Å². The van der Waals surface area contributed by atoms with Crippen LogP contribution in [0.1, 0.15) is 175 Å². The van der Waals surface area contributed by atoms with Crippen molar-refractivity contribution in [2.24, 2.45) is 17.8 Å². The van der Waals surface area contributed by atoms with Crippen LogP contribution in [0.3, 0.4) is 0 Å². The van der Waals surface area contributed by atoms with E-state index >= 15 is 14.4 Å². The standard InChI is InChI=1S/C70H108ClF5N12O12/c1-14-43(6)57-66(98)81(9)44(7)61(93)88-36-30-51(88)64(96)83(11)50(23-16-17-25-54(72)73)63(95)80(8)40-55(89)77-48(29-27-45-26-28-46(47(71)38-45)70(74,75)76)62(94)87-35-22-24-49(87)60(92)79-69(31-18-19-32-69)68(100)85(13)58(42(4)5)67(99)84(12)53(65(97)86-33-20-15-21-34-86)39-56(90)82(10)52(37-41(2)3)59(91)78-57/h26,28,38,41-44,48-54,56-58,90H,14-25,27,29-37,39-40H2,1-13H3,(H,77,89)(H,78,91)(H,79,92)/t43-,44-,48-,49-,50-,51-,52-,53-,56?,57-,58-/m0/s1. The van der Waals surface area contributed by atoms with Crippen LogP contribution >= 0.6 is 11.6 Å². The number of likely N-dealkylation sites (N-methyl/N-ethyl adjacent to an activating group) is 6. The second kappa shape index (κ2) is 35.9. The third-order valence-electron chi connectivity index (χ3n) is 21.2. The molecule has 0 bridgehead atoms. The van der Waals surface area contributed by atoms with E-state index in [1.807, 2.05) is 20.8 Å². The average molecular weight is 1440 g/mol. The summed E-state index contributed by atoms with van der Waals surface area (Å²) in [5.41, 5.74) is -2.46. The largest absolute Gasteiger partial charge is 0.417 e. The number of nitrogens with zero attached hydrogens (tertiary/aromatic N) is 9. The summed E-state index contributed by atoms with van der Waals surface area (Å²) >= 11 is 6.12. The summed E-state index contributed by atoms with van der Waals surface area (Å²) in [6.07, 6.45) is -6.00. The van der Waals surface area contributed by atoms with Gasteiger partial charge in [-0.05, 0) is 133 Å². The van der Waals surface area contributed by atoms with E-state index in [9.17, 15) is 65.4 Å². The number of aliphatic hydroxyl groups excluding tert-OH is 1. The lowest BCUT2D eigenvalue weighted by molar-refractivity contribution is -0.160. The van der Waals surface area contributed by atoms with Crippen molar-refractivity contribution in [2.75, 3.05) is 75.0 Å². The number of alkyl halides is 5. The van der Waals surface area contributed by atoms with Crippen LogP contribution in [0.2, 0.25) is 5.02 Å². The maximum absolute atomic E-state index is 15.4. The van der Waals surface area contributed by atoms with E-state index in [0.717, 1.165) is 28.4 Å². The molecule has 4 heterocycles. The molecule has 562 valence electrons. The Morgan fingerprint density at radius 3 is 1.90 bits per heavy atom.